The number of carbonyl (C=O) groups excluding carboxylic acids is 1. The van der Waals surface area contributed by atoms with Gasteiger partial charge in [-0.3, -0.25) is 10.1 Å². The van der Waals surface area contributed by atoms with Gasteiger partial charge in [0.15, 0.2) is 0 Å². The highest BCUT2D eigenvalue weighted by atomic mass is 32.2. The van der Waals surface area contributed by atoms with Gasteiger partial charge in [0.1, 0.15) is 10.6 Å². The molecular formula is C25H23NO6S. The minimum Gasteiger partial charge on any atom is -0.423 e. The fourth-order valence-electron chi connectivity index (χ4n) is 4.23. The molecule has 3 aromatic rings. The zero-order valence-corrected chi connectivity index (χ0v) is 18.7. The second kappa shape index (κ2) is 9.54. The predicted molar refractivity (Wildman–Crippen MR) is 122 cm³/mol. The van der Waals surface area contributed by atoms with Crippen molar-refractivity contribution < 1.29 is 22.9 Å². The highest BCUT2D eigenvalue weighted by Gasteiger charge is 2.31. The molecule has 0 heterocycles. The molecule has 0 spiro atoms. The number of nitro benzene ring substituents is 1. The summed E-state index contributed by atoms with van der Waals surface area (Å²) >= 11 is 0. The molecule has 0 amide bonds. The van der Waals surface area contributed by atoms with Gasteiger partial charge in [-0.15, -0.1) is 0 Å². The van der Waals surface area contributed by atoms with Crippen LogP contribution in [-0.2, 0) is 9.84 Å². The number of nitrogens with zero attached hydrogens (tertiary/aromatic N) is 1. The summed E-state index contributed by atoms with van der Waals surface area (Å²) in [4.78, 5) is 22.7. The van der Waals surface area contributed by atoms with E-state index in [4.69, 9.17) is 4.74 Å². The zero-order valence-electron chi connectivity index (χ0n) is 17.8. The molecule has 1 aliphatic rings. The standard InChI is InChI=1S/C25H23NO6S/c27-25(32-20-16-14-19(15-17-20)18-8-2-1-3-9-18)21-10-4-6-12-23(21)33(30,31)24-13-7-5-11-22(24)26(28)29/h4-7,10-18H,1-3,8-9H2. The molecule has 4 rings (SSSR count). The number of sulfone groups is 1. The first-order valence-electron chi connectivity index (χ1n) is 10.8. The summed E-state index contributed by atoms with van der Waals surface area (Å²) < 4.78 is 31.9. The summed E-state index contributed by atoms with van der Waals surface area (Å²) in [5, 5.41) is 11.4. The van der Waals surface area contributed by atoms with Gasteiger partial charge >= 0.3 is 5.97 Å². The normalized spacial score (nSPS) is 14.5. The Hall–Kier alpha value is -3.52. The molecular weight excluding hydrogens is 442 g/mol. The summed E-state index contributed by atoms with van der Waals surface area (Å²) in [6.07, 6.45) is 5.99. The van der Waals surface area contributed by atoms with Gasteiger partial charge in [-0.1, -0.05) is 55.7 Å². The van der Waals surface area contributed by atoms with E-state index in [1.54, 1.807) is 12.1 Å². The summed E-state index contributed by atoms with van der Waals surface area (Å²) in [7, 11) is -4.35. The second-order valence-corrected chi connectivity index (χ2v) is 9.90. The Morgan fingerprint density at radius 3 is 2.12 bits per heavy atom. The monoisotopic (exact) mass is 465 g/mol. The van der Waals surface area contributed by atoms with Gasteiger partial charge in [-0.05, 0) is 54.7 Å². The van der Waals surface area contributed by atoms with Crippen LogP contribution < -0.4 is 4.74 Å². The van der Waals surface area contributed by atoms with E-state index in [9.17, 15) is 23.3 Å². The highest BCUT2D eigenvalue weighted by Crippen LogP contribution is 2.34. The van der Waals surface area contributed by atoms with E-state index in [1.807, 2.05) is 12.1 Å². The van der Waals surface area contributed by atoms with Crippen LogP contribution in [0.15, 0.2) is 82.6 Å². The topological polar surface area (TPSA) is 104 Å². The molecule has 1 saturated carbocycles. The summed E-state index contributed by atoms with van der Waals surface area (Å²) in [5.41, 5.74) is 0.458. The lowest BCUT2D eigenvalue weighted by atomic mass is 9.84. The molecule has 0 unspecified atom stereocenters. The fraction of sp³-hybridized carbons (Fsp3) is 0.240. The van der Waals surface area contributed by atoms with Gasteiger partial charge in [0.25, 0.3) is 5.69 Å². The maximum Gasteiger partial charge on any atom is 0.344 e. The van der Waals surface area contributed by atoms with Crippen LogP contribution >= 0.6 is 0 Å². The first-order chi connectivity index (χ1) is 15.9. The lowest BCUT2D eigenvalue weighted by Crippen LogP contribution is -2.15. The van der Waals surface area contributed by atoms with E-state index >= 15 is 0 Å². The van der Waals surface area contributed by atoms with Gasteiger partial charge < -0.3 is 4.74 Å². The molecule has 0 saturated heterocycles. The van der Waals surface area contributed by atoms with Crippen molar-refractivity contribution in [3.05, 3.63) is 94.0 Å². The molecule has 3 aromatic carbocycles. The molecule has 0 aliphatic heterocycles. The van der Waals surface area contributed by atoms with E-state index in [2.05, 4.69) is 0 Å². The van der Waals surface area contributed by atoms with Crippen LogP contribution in [-0.4, -0.2) is 19.3 Å². The van der Waals surface area contributed by atoms with Gasteiger partial charge in [-0.25, -0.2) is 13.2 Å². The van der Waals surface area contributed by atoms with E-state index in [0.29, 0.717) is 11.7 Å². The van der Waals surface area contributed by atoms with Crippen molar-refractivity contribution in [3.8, 4) is 5.75 Å². The number of hydrogen-bond donors (Lipinski definition) is 0. The lowest BCUT2D eigenvalue weighted by Gasteiger charge is -2.22. The Kier molecular flexibility index (Phi) is 6.55. The van der Waals surface area contributed by atoms with Crippen LogP contribution in [0.4, 0.5) is 5.69 Å². The average molecular weight is 466 g/mol. The molecule has 33 heavy (non-hydrogen) atoms. The number of esters is 1. The largest absolute Gasteiger partial charge is 0.423 e. The highest BCUT2D eigenvalue weighted by molar-refractivity contribution is 7.91. The van der Waals surface area contributed by atoms with E-state index in [1.165, 1.54) is 61.2 Å². The quantitative estimate of drug-likeness (QED) is 0.200. The minimum atomic E-state index is -4.35. The smallest absolute Gasteiger partial charge is 0.344 e. The number of para-hydroxylation sites is 1. The third kappa shape index (κ3) is 4.80. The first kappa shape index (κ1) is 22.7. The Morgan fingerprint density at radius 2 is 1.45 bits per heavy atom. The van der Waals surface area contributed by atoms with Gasteiger partial charge in [0.05, 0.1) is 15.4 Å². The average Bonchev–Trinajstić information content (AvgIpc) is 2.85. The first-order valence-corrected chi connectivity index (χ1v) is 12.3. The zero-order chi connectivity index (χ0) is 23.4. The lowest BCUT2D eigenvalue weighted by molar-refractivity contribution is -0.387. The molecule has 8 heteroatoms. The van der Waals surface area contributed by atoms with Crippen LogP contribution in [0, 0.1) is 10.1 Å². The number of rotatable bonds is 6. The van der Waals surface area contributed by atoms with Crippen molar-refractivity contribution >= 4 is 21.5 Å². The predicted octanol–water partition coefficient (Wildman–Crippen LogP) is 5.69. The van der Waals surface area contributed by atoms with Crippen molar-refractivity contribution in [3.63, 3.8) is 0 Å². The second-order valence-electron chi connectivity index (χ2n) is 8.02. The Balaban J connectivity index is 1.61. The summed E-state index contributed by atoms with van der Waals surface area (Å²) in [6, 6.07) is 17.9. The van der Waals surface area contributed by atoms with Crippen LogP contribution in [0.1, 0.15) is 53.9 Å². The molecule has 0 bridgehead atoms. The molecule has 0 atom stereocenters. The number of hydrogen-bond acceptors (Lipinski definition) is 6. The summed E-state index contributed by atoms with van der Waals surface area (Å²) in [6.45, 7) is 0. The van der Waals surface area contributed by atoms with Gasteiger partial charge in [-0.2, -0.15) is 0 Å². The van der Waals surface area contributed by atoms with Gasteiger partial charge in [0, 0.05) is 6.07 Å². The van der Waals surface area contributed by atoms with Gasteiger partial charge in [0.2, 0.25) is 9.84 Å². The van der Waals surface area contributed by atoms with E-state index < -0.39 is 31.3 Å². The minimum absolute atomic E-state index is 0.188. The Morgan fingerprint density at radius 1 is 0.848 bits per heavy atom. The summed E-state index contributed by atoms with van der Waals surface area (Å²) in [5.74, 6) is -0.0355. The molecule has 0 radical (unpaired) electrons. The maximum absolute atomic E-state index is 13.2. The van der Waals surface area contributed by atoms with E-state index in [-0.39, 0.29) is 10.5 Å². The number of ether oxygens (including phenoxy) is 1. The molecule has 1 fully saturated rings. The van der Waals surface area contributed by atoms with Crippen molar-refractivity contribution in [2.24, 2.45) is 0 Å². The van der Waals surface area contributed by atoms with Crippen molar-refractivity contribution in [2.75, 3.05) is 0 Å². The molecule has 0 aromatic heterocycles. The number of carbonyl (C=O) groups is 1. The van der Waals surface area contributed by atoms with E-state index in [0.717, 1.165) is 25.0 Å². The SMILES string of the molecule is O=C(Oc1ccc(C2CCCCC2)cc1)c1ccccc1S(=O)(=O)c1ccccc1[N+](=O)[O-]. The number of nitro groups is 1. The van der Waals surface area contributed by atoms with Crippen molar-refractivity contribution in [2.45, 2.75) is 47.8 Å². The van der Waals surface area contributed by atoms with Crippen molar-refractivity contribution in [1.82, 2.24) is 0 Å². The third-order valence-electron chi connectivity index (χ3n) is 5.92. The molecule has 1 aliphatic carbocycles. The Bertz CT molecular complexity index is 1280. The molecule has 0 N–H and O–H groups in total. The number of benzene rings is 3. The third-order valence-corrected chi connectivity index (χ3v) is 7.77. The maximum atomic E-state index is 13.2. The van der Waals surface area contributed by atoms with Crippen LogP contribution in [0.2, 0.25) is 0 Å². The van der Waals surface area contributed by atoms with Crippen LogP contribution in [0.25, 0.3) is 0 Å². The fourth-order valence-corrected chi connectivity index (χ4v) is 5.84. The molecule has 170 valence electrons. The van der Waals surface area contributed by atoms with Crippen molar-refractivity contribution in [1.29, 1.82) is 0 Å². The Labute approximate surface area is 192 Å². The van der Waals surface area contributed by atoms with Crippen LogP contribution in [0.3, 0.4) is 0 Å². The molecule has 7 nitrogen and oxygen atoms in total. The van der Waals surface area contributed by atoms with Crippen LogP contribution in [0.5, 0.6) is 5.75 Å².